The van der Waals surface area contributed by atoms with Gasteiger partial charge in [0.15, 0.2) is 11.5 Å². The van der Waals surface area contributed by atoms with Crippen molar-refractivity contribution in [3.63, 3.8) is 0 Å². The summed E-state index contributed by atoms with van der Waals surface area (Å²) < 4.78 is 12.5. The molecule has 1 saturated heterocycles. The molecule has 1 aliphatic rings. The molecule has 1 aliphatic heterocycles. The Morgan fingerprint density at radius 1 is 1.33 bits per heavy atom. The van der Waals surface area contributed by atoms with Gasteiger partial charge in [-0.3, -0.25) is 9.69 Å². The maximum Gasteiger partial charge on any atom is 0.307 e. The number of thiophene rings is 1. The molecule has 8 heteroatoms. The zero-order valence-corrected chi connectivity index (χ0v) is 18.2. The number of benzene rings is 1. The third-order valence-electron chi connectivity index (χ3n) is 4.83. The molecule has 0 spiro atoms. The summed E-state index contributed by atoms with van der Waals surface area (Å²) >= 11 is 11.4. The quantitative estimate of drug-likeness (QED) is 0.633. The molecule has 1 N–H and O–H groups in total. The van der Waals surface area contributed by atoms with Gasteiger partial charge in [-0.1, -0.05) is 27.5 Å². The van der Waals surface area contributed by atoms with E-state index < -0.39 is 5.97 Å². The lowest BCUT2D eigenvalue weighted by atomic mass is 9.94. The van der Waals surface area contributed by atoms with Crippen LogP contribution in [-0.4, -0.2) is 43.3 Å². The van der Waals surface area contributed by atoms with Gasteiger partial charge >= 0.3 is 5.97 Å². The summed E-state index contributed by atoms with van der Waals surface area (Å²) in [7, 11) is 3.20. The van der Waals surface area contributed by atoms with Gasteiger partial charge in [-0.2, -0.15) is 0 Å². The van der Waals surface area contributed by atoms with E-state index in [0.717, 1.165) is 27.9 Å². The molecule has 0 radical (unpaired) electrons. The minimum Gasteiger partial charge on any atom is -0.493 e. The molecule has 27 heavy (non-hydrogen) atoms. The van der Waals surface area contributed by atoms with Gasteiger partial charge in [0.05, 0.1) is 30.5 Å². The van der Waals surface area contributed by atoms with Crippen molar-refractivity contribution in [3.05, 3.63) is 43.5 Å². The first kappa shape index (κ1) is 20.5. The zero-order chi connectivity index (χ0) is 19.6. The molecule has 2 unspecified atom stereocenters. The summed E-state index contributed by atoms with van der Waals surface area (Å²) in [6, 6.07) is 7.60. The summed E-state index contributed by atoms with van der Waals surface area (Å²) in [5.41, 5.74) is 0.997. The van der Waals surface area contributed by atoms with E-state index in [4.69, 9.17) is 21.1 Å². The Morgan fingerprint density at radius 3 is 2.63 bits per heavy atom. The van der Waals surface area contributed by atoms with Crippen LogP contribution >= 0.6 is 38.9 Å². The van der Waals surface area contributed by atoms with Crippen LogP contribution in [-0.2, 0) is 4.79 Å². The number of hydrogen-bond acceptors (Lipinski definition) is 5. The average Bonchev–Trinajstić information content (AvgIpc) is 3.09. The summed E-state index contributed by atoms with van der Waals surface area (Å²) in [5, 5.41) is 9.50. The highest BCUT2D eigenvalue weighted by molar-refractivity contribution is 9.10. The normalized spacial score (nSPS) is 18.9. The highest BCUT2D eigenvalue weighted by atomic mass is 79.9. The number of carboxylic acids is 1. The summed E-state index contributed by atoms with van der Waals surface area (Å²) in [5.74, 6) is 0.165. The fourth-order valence-electron chi connectivity index (χ4n) is 3.53. The second-order valence-electron chi connectivity index (χ2n) is 6.45. The Hall–Kier alpha value is -1.28. The molecule has 0 saturated carbocycles. The molecule has 1 fully saturated rings. The van der Waals surface area contributed by atoms with Crippen LogP contribution in [0.3, 0.4) is 0 Å². The molecule has 3 rings (SSSR count). The summed E-state index contributed by atoms with van der Waals surface area (Å²) in [6.07, 6.45) is 1.55. The number of rotatable bonds is 6. The number of ether oxygens (including phenoxy) is 2. The smallest absolute Gasteiger partial charge is 0.307 e. The highest BCUT2D eigenvalue weighted by Gasteiger charge is 2.33. The predicted octanol–water partition coefficient (Wildman–Crippen LogP) is 5.07. The lowest BCUT2D eigenvalue weighted by molar-refractivity contribution is -0.143. The van der Waals surface area contributed by atoms with Crippen molar-refractivity contribution in [2.45, 2.75) is 18.9 Å². The molecule has 1 aromatic heterocycles. The number of methoxy groups -OCH3 is 2. The molecule has 0 aliphatic carbocycles. The SMILES string of the molecule is COc1cc(Br)c(C(c2ccc(Cl)s2)N2CCCC(C(=O)O)C2)cc1OC. The zero-order valence-electron chi connectivity index (χ0n) is 15.1. The Kier molecular flexibility index (Phi) is 6.68. The topological polar surface area (TPSA) is 59.0 Å². The van der Waals surface area contributed by atoms with Gasteiger partial charge in [0.2, 0.25) is 0 Å². The van der Waals surface area contributed by atoms with Crippen LogP contribution in [0.2, 0.25) is 4.34 Å². The largest absolute Gasteiger partial charge is 0.493 e. The number of aliphatic carboxylic acids is 1. The minimum absolute atomic E-state index is 0.112. The molecule has 2 aromatic rings. The van der Waals surface area contributed by atoms with E-state index in [1.54, 1.807) is 14.2 Å². The maximum absolute atomic E-state index is 11.6. The van der Waals surface area contributed by atoms with Crippen LogP contribution in [0.5, 0.6) is 11.5 Å². The first-order valence-electron chi connectivity index (χ1n) is 8.58. The number of halogens is 2. The van der Waals surface area contributed by atoms with Crippen molar-refractivity contribution in [2.75, 3.05) is 27.3 Å². The predicted molar refractivity (Wildman–Crippen MR) is 110 cm³/mol. The van der Waals surface area contributed by atoms with Crippen molar-refractivity contribution in [1.29, 1.82) is 0 Å². The van der Waals surface area contributed by atoms with Crippen LogP contribution in [0.1, 0.15) is 29.3 Å². The Balaban J connectivity index is 2.07. The van der Waals surface area contributed by atoms with Crippen LogP contribution in [0.25, 0.3) is 0 Å². The van der Waals surface area contributed by atoms with Crippen molar-refractivity contribution >= 4 is 44.8 Å². The lowest BCUT2D eigenvalue weighted by Crippen LogP contribution is -2.41. The molecule has 2 heterocycles. The standard InChI is InChI=1S/C19H21BrClNO4S/c1-25-14-8-12(13(20)9-15(14)26-2)18(16-5-6-17(21)27-16)22-7-3-4-11(10-22)19(23)24/h5-6,8-9,11,18H,3-4,7,10H2,1-2H3,(H,23,24). The molecule has 1 aromatic carbocycles. The molecule has 146 valence electrons. The molecule has 5 nitrogen and oxygen atoms in total. The number of nitrogens with zero attached hydrogens (tertiary/aromatic N) is 1. The number of hydrogen-bond donors (Lipinski definition) is 1. The van der Waals surface area contributed by atoms with E-state index in [1.807, 2.05) is 24.3 Å². The van der Waals surface area contributed by atoms with Crippen LogP contribution < -0.4 is 9.47 Å². The fraction of sp³-hybridized carbons (Fsp3) is 0.421. The third-order valence-corrected chi connectivity index (χ3v) is 6.80. The fourth-order valence-corrected chi connectivity index (χ4v) is 5.28. The number of likely N-dealkylation sites (tertiary alicyclic amines) is 1. The monoisotopic (exact) mass is 473 g/mol. The van der Waals surface area contributed by atoms with Crippen molar-refractivity contribution in [3.8, 4) is 11.5 Å². The maximum atomic E-state index is 11.6. The van der Waals surface area contributed by atoms with Crippen molar-refractivity contribution in [2.24, 2.45) is 5.92 Å². The lowest BCUT2D eigenvalue weighted by Gasteiger charge is -2.37. The highest BCUT2D eigenvalue weighted by Crippen LogP contribution is 2.43. The van der Waals surface area contributed by atoms with Crippen LogP contribution in [0, 0.1) is 5.92 Å². The van der Waals surface area contributed by atoms with Crippen LogP contribution in [0.4, 0.5) is 0 Å². The Labute approximate surface area is 176 Å². The van der Waals surface area contributed by atoms with E-state index >= 15 is 0 Å². The van der Waals surface area contributed by atoms with Gasteiger partial charge in [-0.25, -0.2) is 0 Å². The van der Waals surface area contributed by atoms with Gasteiger partial charge in [0.1, 0.15) is 0 Å². The molecule has 2 atom stereocenters. The number of piperidine rings is 1. The van der Waals surface area contributed by atoms with Crippen molar-refractivity contribution in [1.82, 2.24) is 4.90 Å². The second kappa shape index (κ2) is 8.82. The molecular formula is C19H21BrClNO4S. The van der Waals surface area contributed by atoms with Gasteiger partial charge in [0.25, 0.3) is 0 Å². The summed E-state index contributed by atoms with van der Waals surface area (Å²) in [4.78, 5) is 14.8. The van der Waals surface area contributed by atoms with Gasteiger partial charge in [0, 0.05) is 15.9 Å². The Morgan fingerprint density at radius 2 is 2.04 bits per heavy atom. The summed E-state index contributed by atoms with van der Waals surface area (Å²) in [6.45, 7) is 1.32. The molecular weight excluding hydrogens is 454 g/mol. The van der Waals surface area contributed by atoms with E-state index in [0.29, 0.717) is 28.8 Å². The van der Waals surface area contributed by atoms with E-state index in [-0.39, 0.29) is 12.0 Å². The van der Waals surface area contributed by atoms with E-state index in [1.165, 1.54) is 11.3 Å². The number of carboxylic acid groups (broad SMARTS) is 1. The van der Waals surface area contributed by atoms with E-state index in [2.05, 4.69) is 20.8 Å². The average molecular weight is 475 g/mol. The van der Waals surface area contributed by atoms with Gasteiger partial charge in [-0.05, 0) is 49.2 Å². The number of carbonyl (C=O) groups is 1. The molecule has 0 amide bonds. The molecule has 0 bridgehead atoms. The minimum atomic E-state index is -0.742. The van der Waals surface area contributed by atoms with Gasteiger partial charge < -0.3 is 14.6 Å². The third kappa shape index (κ3) is 4.42. The Bertz CT molecular complexity index is 828. The van der Waals surface area contributed by atoms with Crippen molar-refractivity contribution < 1.29 is 19.4 Å². The van der Waals surface area contributed by atoms with Crippen LogP contribution in [0.15, 0.2) is 28.7 Å². The van der Waals surface area contributed by atoms with Gasteiger partial charge in [-0.15, -0.1) is 11.3 Å². The first-order chi connectivity index (χ1) is 12.9. The first-order valence-corrected chi connectivity index (χ1v) is 10.6. The second-order valence-corrected chi connectivity index (χ2v) is 9.05. The van der Waals surface area contributed by atoms with E-state index in [9.17, 15) is 9.90 Å².